The molecule has 2 saturated heterocycles. The highest BCUT2D eigenvalue weighted by atomic mass is 16.4. The van der Waals surface area contributed by atoms with Crippen molar-refractivity contribution in [1.29, 1.82) is 0 Å². The average molecular weight is 541 g/mol. The highest BCUT2D eigenvalue weighted by molar-refractivity contribution is 6.43. The van der Waals surface area contributed by atoms with Crippen molar-refractivity contribution in [2.24, 2.45) is 0 Å². The van der Waals surface area contributed by atoms with E-state index in [2.05, 4.69) is 18.5 Å². The number of nitrogens with zero attached hydrogens (tertiary/aromatic N) is 2. The summed E-state index contributed by atoms with van der Waals surface area (Å²) in [4.78, 5) is 49.6. The van der Waals surface area contributed by atoms with Crippen LogP contribution in [0.5, 0.6) is 0 Å². The van der Waals surface area contributed by atoms with Crippen LogP contribution in [0, 0.1) is 13.8 Å². The summed E-state index contributed by atoms with van der Waals surface area (Å²) in [5, 5.41) is 31.0. The predicted octanol–water partition coefficient (Wildman–Crippen LogP) is 1.55. The number of aryl methyl sites for hydroxylation is 2. The minimum atomic E-state index is -1.69. The molecule has 39 heavy (non-hydrogen) atoms. The molecule has 2 aliphatic rings. The second-order valence-electron chi connectivity index (χ2n) is 10.00. The van der Waals surface area contributed by atoms with Crippen molar-refractivity contribution < 1.29 is 34.3 Å². The fraction of sp³-hybridized carbons (Fsp3) is 0.500. The van der Waals surface area contributed by atoms with E-state index in [1.807, 2.05) is 32.0 Å². The third kappa shape index (κ3) is 9.07. The van der Waals surface area contributed by atoms with Crippen LogP contribution in [0.25, 0.3) is 0 Å². The van der Waals surface area contributed by atoms with Gasteiger partial charge in [-0.15, -0.1) is 0 Å². The summed E-state index contributed by atoms with van der Waals surface area (Å²) in [5.41, 5.74) is 3.10. The van der Waals surface area contributed by atoms with Crippen molar-refractivity contribution in [2.75, 3.05) is 13.1 Å². The molecular formula is C28H40BN3O7. The van der Waals surface area contributed by atoms with Gasteiger partial charge in [0.1, 0.15) is 12.1 Å². The molecule has 0 radical (unpaired) electrons. The number of rotatable bonds is 8. The molecule has 0 aliphatic carbocycles. The number of amides is 3. The third-order valence-corrected chi connectivity index (χ3v) is 7.13. The van der Waals surface area contributed by atoms with Crippen LogP contribution in [-0.4, -0.2) is 86.9 Å². The Bertz CT molecular complexity index is 1060. The van der Waals surface area contributed by atoms with Gasteiger partial charge in [0.2, 0.25) is 17.7 Å². The van der Waals surface area contributed by atoms with E-state index in [1.54, 1.807) is 0 Å². The molecule has 3 amide bonds. The molecule has 11 heteroatoms. The first-order valence-electron chi connectivity index (χ1n) is 13.3. The van der Waals surface area contributed by atoms with E-state index in [0.717, 1.165) is 42.4 Å². The zero-order chi connectivity index (χ0) is 29.1. The number of likely N-dealkylation sites (tertiary alicyclic amines) is 2. The Labute approximate surface area is 230 Å². The molecule has 212 valence electrons. The molecule has 10 nitrogen and oxygen atoms in total. The Balaban J connectivity index is 0.000000344. The van der Waals surface area contributed by atoms with Gasteiger partial charge in [-0.1, -0.05) is 36.9 Å². The van der Waals surface area contributed by atoms with Crippen molar-refractivity contribution >= 4 is 30.8 Å². The van der Waals surface area contributed by atoms with Gasteiger partial charge >= 0.3 is 13.1 Å². The lowest BCUT2D eigenvalue weighted by Crippen LogP contribution is -2.56. The van der Waals surface area contributed by atoms with Crippen molar-refractivity contribution in [3.63, 3.8) is 0 Å². The average Bonchev–Trinajstić information content (AvgIpc) is 2.93. The number of carboxylic acid groups (broad SMARTS) is 1. The molecule has 3 atom stereocenters. The summed E-state index contributed by atoms with van der Waals surface area (Å²) < 4.78 is 0. The fourth-order valence-electron chi connectivity index (χ4n) is 4.98. The van der Waals surface area contributed by atoms with E-state index < -0.39 is 31.1 Å². The van der Waals surface area contributed by atoms with Gasteiger partial charge in [0.05, 0.1) is 5.94 Å². The number of benzene rings is 1. The zero-order valence-electron chi connectivity index (χ0n) is 22.8. The minimum Gasteiger partial charge on any atom is -0.480 e. The maximum absolute atomic E-state index is 12.7. The maximum atomic E-state index is 12.7. The second kappa shape index (κ2) is 15.2. The highest BCUT2D eigenvalue weighted by Gasteiger charge is 2.34. The lowest BCUT2D eigenvalue weighted by atomic mass is 9.75. The Hall–Kier alpha value is -3.44. The van der Waals surface area contributed by atoms with Gasteiger partial charge in [-0.3, -0.25) is 14.4 Å². The first-order valence-corrected chi connectivity index (χ1v) is 13.3. The van der Waals surface area contributed by atoms with Crippen LogP contribution >= 0.6 is 0 Å². The van der Waals surface area contributed by atoms with Gasteiger partial charge in [-0.25, -0.2) is 4.79 Å². The molecule has 3 rings (SSSR count). The molecule has 0 saturated carbocycles. The Kier molecular flexibility index (Phi) is 12.4. The molecule has 2 heterocycles. The van der Waals surface area contributed by atoms with Crippen LogP contribution in [0.15, 0.2) is 43.5 Å². The topological polar surface area (TPSA) is 147 Å². The number of hydrogen-bond donors (Lipinski definition) is 4. The molecule has 2 aliphatic heterocycles. The first-order chi connectivity index (χ1) is 18.5. The summed E-state index contributed by atoms with van der Waals surface area (Å²) in [7, 11) is -1.69. The summed E-state index contributed by atoms with van der Waals surface area (Å²) in [6, 6.07) is 4.65. The maximum Gasteiger partial charge on any atom is 0.475 e. The molecule has 1 aromatic rings. The monoisotopic (exact) mass is 541 g/mol. The van der Waals surface area contributed by atoms with E-state index in [4.69, 9.17) is 5.11 Å². The normalized spacial score (nSPS) is 19.6. The Morgan fingerprint density at radius 3 is 2.00 bits per heavy atom. The fourth-order valence-corrected chi connectivity index (χ4v) is 4.98. The third-order valence-electron chi connectivity index (χ3n) is 7.13. The zero-order valence-corrected chi connectivity index (χ0v) is 22.8. The molecule has 4 N–H and O–H groups in total. The number of carbonyl (C=O) groups excluding carboxylic acids is 3. The van der Waals surface area contributed by atoms with Gasteiger partial charge in [0.15, 0.2) is 0 Å². The van der Waals surface area contributed by atoms with Crippen LogP contribution in [-0.2, 0) is 25.6 Å². The van der Waals surface area contributed by atoms with E-state index >= 15 is 0 Å². The lowest BCUT2D eigenvalue weighted by Gasteiger charge is -2.35. The van der Waals surface area contributed by atoms with Crippen LogP contribution in [0.3, 0.4) is 0 Å². The summed E-state index contributed by atoms with van der Waals surface area (Å²) in [6.07, 6.45) is 7.23. The molecule has 1 unspecified atom stereocenters. The molecule has 0 bridgehead atoms. The molecule has 2 fully saturated rings. The molecular weight excluding hydrogens is 501 g/mol. The van der Waals surface area contributed by atoms with E-state index in [-0.39, 0.29) is 17.7 Å². The van der Waals surface area contributed by atoms with Crippen molar-refractivity contribution in [1.82, 2.24) is 15.1 Å². The van der Waals surface area contributed by atoms with Crippen molar-refractivity contribution in [3.05, 3.63) is 60.2 Å². The van der Waals surface area contributed by atoms with Gasteiger partial charge in [-0.05, 0) is 82.1 Å². The number of aliphatic carboxylic acids is 1. The Morgan fingerprint density at radius 2 is 1.51 bits per heavy atom. The number of carbonyl (C=O) groups is 4. The SMILES string of the molecule is C=CC(=O)N1CCCC[C@@H]1C(=O)NC(Cc1ccc(C)cc1C)B(O)O.C=CC(=O)N1CCCC[C@@H]1C(=O)O. The second-order valence-corrected chi connectivity index (χ2v) is 10.00. The van der Waals surface area contributed by atoms with Crippen molar-refractivity contribution in [3.8, 4) is 0 Å². The highest BCUT2D eigenvalue weighted by Crippen LogP contribution is 2.19. The summed E-state index contributed by atoms with van der Waals surface area (Å²) in [5.74, 6) is -2.68. The van der Waals surface area contributed by atoms with Crippen LogP contribution < -0.4 is 5.32 Å². The van der Waals surface area contributed by atoms with Crippen molar-refractivity contribution in [2.45, 2.75) is 76.8 Å². The standard InChI is InChI=1S/C19H27BN2O4.C9H13NO3/c1-4-18(23)22-10-6-5-7-16(22)19(24)21-17(20(25)26)12-15-9-8-13(2)11-14(15)3;1-2-8(11)10-6-4-3-5-7(10)9(12)13/h4,8-9,11,16-17,25-26H,1,5-7,10,12H2,2-3H3,(H,21,24);2,7H,1,3-6H2,(H,12,13)/t16-,17?;7-/m11/s1. The number of nitrogens with one attached hydrogen (secondary N) is 1. The molecule has 0 spiro atoms. The Morgan fingerprint density at radius 1 is 0.974 bits per heavy atom. The molecule has 1 aromatic carbocycles. The smallest absolute Gasteiger partial charge is 0.475 e. The predicted molar refractivity (Wildman–Crippen MR) is 148 cm³/mol. The summed E-state index contributed by atoms with van der Waals surface area (Å²) >= 11 is 0. The van der Waals surface area contributed by atoms with E-state index in [1.165, 1.54) is 22.0 Å². The summed E-state index contributed by atoms with van der Waals surface area (Å²) in [6.45, 7) is 11.8. The molecule has 0 aromatic heterocycles. The lowest BCUT2D eigenvalue weighted by molar-refractivity contribution is -0.150. The van der Waals surface area contributed by atoms with Crippen LogP contribution in [0.2, 0.25) is 0 Å². The van der Waals surface area contributed by atoms with Gasteiger partial charge in [0.25, 0.3) is 0 Å². The van der Waals surface area contributed by atoms with Gasteiger partial charge in [-0.2, -0.15) is 0 Å². The van der Waals surface area contributed by atoms with Crippen LogP contribution in [0.4, 0.5) is 0 Å². The van der Waals surface area contributed by atoms with E-state index in [0.29, 0.717) is 32.4 Å². The van der Waals surface area contributed by atoms with Gasteiger partial charge in [0, 0.05) is 13.1 Å². The number of carboxylic acids is 1. The van der Waals surface area contributed by atoms with E-state index in [9.17, 15) is 29.2 Å². The minimum absolute atomic E-state index is 0.277. The quantitative estimate of drug-likeness (QED) is 0.288. The number of hydrogen-bond acceptors (Lipinski definition) is 6. The van der Waals surface area contributed by atoms with Crippen LogP contribution in [0.1, 0.15) is 55.2 Å². The number of piperidine rings is 2. The van der Waals surface area contributed by atoms with Gasteiger partial charge < -0.3 is 30.3 Å². The first kappa shape index (κ1) is 31.8. The largest absolute Gasteiger partial charge is 0.480 e.